The molecule has 202 valence electrons. The molecule has 1 aromatic heterocycles. The van der Waals surface area contributed by atoms with Crippen LogP contribution in [0.25, 0.3) is 10.9 Å². The predicted octanol–water partition coefficient (Wildman–Crippen LogP) is 5.79. The van der Waals surface area contributed by atoms with E-state index in [0.717, 1.165) is 55.4 Å². The van der Waals surface area contributed by atoms with Crippen molar-refractivity contribution in [1.29, 1.82) is 0 Å². The molecule has 0 radical (unpaired) electrons. The maximum atomic E-state index is 12.7. The third-order valence-corrected chi connectivity index (χ3v) is 12.3. The highest BCUT2D eigenvalue weighted by molar-refractivity contribution is 5.80. The van der Waals surface area contributed by atoms with E-state index in [2.05, 4.69) is 25.8 Å². The number of aromatic nitrogens is 2. The molecule has 5 heteroatoms. The van der Waals surface area contributed by atoms with Gasteiger partial charge < -0.3 is 15.2 Å². The summed E-state index contributed by atoms with van der Waals surface area (Å²) < 4.78 is 0. The van der Waals surface area contributed by atoms with Crippen molar-refractivity contribution in [2.24, 2.45) is 46.3 Å². The standard InChI is InChI=1S/C32H46N2O3/c1-18(8-13-28-33-26-7-5-6-19(2)29(26)30(37)34-28)23-11-12-24-22-10-9-20-16-21(35)14-15-31(20,3)25(22)17-27(36)32(23,24)4/h5-7,18,20-25,27,35-36H,8-17H2,1-4H3,(H,33,34,37)/t18-,20-,21-,22+,23-,24+,25?,27+,31+,32-/m1/s1. The van der Waals surface area contributed by atoms with Crippen molar-refractivity contribution in [2.75, 3.05) is 0 Å². The van der Waals surface area contributed by atoms with Gasteiger partial charge in [-0.15, -0.1) is 0 Å². The van der Waals surface area contributed by atoms with Crippen LogP contribution in [0.15, 0.2) is 23.0 Å². The third-order valence-electron chi connectivity index (χ3n) is 12.3. The lowest BCUT2D eigenvalue weighted by Gasteiger charge is -2.62. The van der Waals surface area contributed by atoms with Gasteiger partial charge in [-0.05, 0) is 123 Å². The molecule has 4 aliphatic rings. The lowest BCUT2D eigenvalue weighted by molar-refractivity contribution is -0.174. The van der Waals surface area contributed by atoms with Gasteiger partial charge in [-0.1, -0.05) is 32.9 Å². The highest BCUT2D eigenvalue weighted by atomic mass is 16.3. The van der Waals surface area contributed by atoms with E-state index in [1.165, 1.54) is 25.7 Å². The van der Waals surface area contributed by atoms with Crippen molar-refractivity contribution in [2.45, 2.75) is 104 Å². The Morgan fingerprint density at radius 1 is 1.08 bits per heavy atom. The Labute approximate surface area is 221 Å². The van der Waals surface area contributed by atoms with E-state index in [9.17, 15) is 15.0 Å². The number of benzene rings is 1. The van der Waals surface area contributed by atoms with Crippen LogP contribution in [0.2, 0.25) is 0 Å². The van der Waals surface area contributed by atoms with Crippen molar-refractivity contribution >= 4 is 10.9 Å². The molecule has 37 heavy (non-hydrogen) atoms. The molecule has 1 heterocycles. The molecule has 0 bridgehead atoms. The maximum Gasteiger partial charge on any atom is 0.259 e. The van der Waals surface area contributed by atoms with Gasteiger partial charge in [-0.25, -0.2) is 4.98 Å². The van der Waals surface area contributed by atoms with E-state index in [0.29, 0.717) is 40.9 Å². The molecule has 0 spiro atoms. The average molecular weight is 507 g/mol. The van der Waals surface area contributed by atoms with E-state index >= 15 is 0 Å². The van der Waals surface area contributed by atoms with Gasteiger partial charge in [0.25, 0.3) is 5.56 Å². The minimum Gasteiger partial charge on any atom is -0.393 e. The van der Waals surface area contributed by atoms with E-state index in [4.69, 9.17) is 4.98 Å². The van der Waals surface area contributed by atoms with Crippen molar-refractivity contribution in [3.8, 4) is 0 Å². The summed E-state index contributed by atoms with van der Waals surface area (Å²) in [5.74, 6) is 4.27. The molecule has 0 aliphatic heterocycles. The fraction of sp³-hybridized carbons (Fsp3) is 0.750. The van der Waals surface area contributed by atoms with Gasteiger partial charge in [0.2, 0.25) is 0 Å². The smallest absolute Gasteiger partial charge is 0.259 e. The van der Waals surface area contributed by atoms with E-state index in [-0.39, 0.29) is 28.6 Å². The van der Waals surface area contributed by atoms with Crippen LogP contribution in [0.3, 0.4) is 0 Å². The summed E-state index contributed by atoms with van der Waals surface area (Å²) >= 11 is 0. The molecule has 0 saturated heterocycles. The Morgan fingerprint density at radius 2 is 1.89 bits per heavy atom. The van der Waals surface area contributed by atoms with Crippen molar-refractivity contribution in [1.82, 2.24) is 9.97 Å². The first-order chi connectivity index (χ1) is 17.6. The molecule has 5 nitrogen and oxygen atoms in total. The largest absolute Gasteiger partial charge is 0.393 e. The fourth-order valence-electron chi connectivity index (χ4n) is 10.3. The number of aliphatic hydroxyl groups is 2. The molecular weight excluding hydrogens is 460 g/mol. The molecule has 1 unspecified atom stereocenters. The van der Waals surface area contributed by atoms with Crippen molar-refractivity contribution in [3.05, 3.63) is 39.9 Å². The van der Waals surface area contributed by atoms with Gasteiger partial charge in [0.05, 0.1) is 23.1 Å². The molecule has 4 saturated carbocycles. The second kappa shape index (κ2) is 9.19. The normalized spacial score (nSPS) is 42.2. The van der Waals surface area contributed by atoms with Crippen LogP contribution >= 0.6 is 0 Å². The van der Waals surface area contributed by atoms with Crippen LogP contribution in [0.5, 0.6) is 0 Å². The quantitative estimate of drug-likeness (QED) is 0.490. The Kier molecular flexibility index (Phi) is 6.35. The second-order valence-corrected chi connectivity index (χ2v) is 13.9. The van der Waals surface area contributed by atoms with Gasteiger partial charge in [0.1, 0.15) is 5.82 Å². The summed E-state index contributed by atoms with van der Waals surface area (Å²) in [6.45, 7) is 9.22. The highest BCUT2D eigenvalue weighted by Crippen LogP contribution is 2.68. The van der Waals surface area contributed by atoms with Gasteiger partial charge in [-0.3, -0.25) is 4.79 Å². The SMILES string of the molecule is Cc1cccc2nc(CC[C@@H](C)[C@H]3CC[C@H]4[C@@H]5CC[C@@H]6C[C@H](O)CC[C@]6(C)C5C[C@H](O)[C@]34C)[nH]c(=O)c12. The molecule has 2 aromatic rings. The predicted molar refractivity (Wildman–Crippen MR) is 147 cm³/mol. The van der Waals surface area contributed by atoms with Crippen molar-refractivity contribution < 1.29 is 10.2 Å². The second-order valence-electron chi connectivity index (χ2n) is 13.9. The summed E-state index contributed by atoms with van der Waals surface area (Å²) in [4.78, 5) is 20.6. The number of hydrogen-bond acceptors (Lipinski definition) is 4. The Bertz CT molecular complexity index is 1220. The maximum absolute atomic E-state index is 12.7. The molecule has 4 fully saturated rings. The third kappa shape index (κ3) is 3.93. The Balaban J connectivity index is 1.19. The van der Waals surface area contributed by atoms with Gasteiger partial charge in [0.15, 0.2) is 0 Å². The van der Waals surface area contributed by atoms with Crippen LogP contribution < -0.4 is 5.56 Å². The first-order valence-electron chi connectivity index (χ1n) is 15.0. The zero-order valence-electron chi connectivity index (χ0n) is 23.2. The van der Waals surface area contributed by atoms with Crippen LogP contribution in [0, 0.1) is 53.3 Å². The first kappa shape index (κ1) is 25.6. The highest BCUT2D eigenvalue weighted by Gasteiger charge is 2.63. The van der Waals surface area contributed by atoms with Crippen LogP contribution in [-0.4, -0.2) is 32.4 Å². The number of aliphatic hydroxyl groups excluding tert-OH is 2. The molecule has 6 rings (SSSR count). The zero-order valence-corrected chi connectivity index (χ0v) is 23.2. The molecule has 0 amide bonds. The summed E-state index contributed by atoms with van der Waals surface area (Å²) in [7, 11) is 0. The summed E-state index contributed by atoms with van der Waals surface area (Å²) in [6, 6.07) is 5.87. The van der Waals surface area contributed by atoms with Crippen LogP contribution in [0.1, 0.15) is 89.9 Å². The Morgan fingerprint density at radius 3 is 2.70 bits per heavy atom. The van der Waals surface area contributed by atoms with Crippen molar-refractivity contribution in [3.63, 3.8) is 0 Å². The van der Waals surface area contributed by atoms with Crippen LogP contribution in [-0.2, 0) is 6.42 Å². The first-order valence-corrected chi connectivity index (χ1v) is 15.0. The number of H-pyrrole nitrogens is 1. The molecule has 1 aromatic carbocycles. The van der Waals surface area contributed by atoms with Gasteiger partial charge >= 0.3 is 0 Å². The lowest BCUT2D eigenvalue weighted by atomic mass is 9.43. The van der Waals surface area contributed by atoms with E-state index in [1.807, 2.05) is 25.1 Å². The van der Waals surface area contributed by atoms with E-state index < -0.39 is 0 Å². The fourth-order valence-corrected chi connectivity index (χ4v) is 10.3. The summed E-state index contributed by atoms with van der Waals surface area (Å²) in [5, 5.41) is 22.8. The summed E-state index contributed by atoms with van der Waals surface area (Å²) in [5.41, 5.74) is 1.96. The van der Waals surface area contributed by atoms with Gasteiger partial charge in [-0.2, -0.15) is 0 Å². The van der Waals surface area contributed by atoms with Crippen LogP contribution in [0.4, 0.5) is 0 Å². The molecule has 3 N–H and O–H groups in total. The number of aromatic amines is 1. The van der Waals surface area contributed by atoms with Gasteiger partial charge in [0, 0.05) is 6.42 Å². The Hall–Kier alpha value is -1.72. The topological polar surface area (TPSA) is 86.2 Å². The number of hydrogen-bond donors (Lipinski definition) is 3. The number of nitrogens with zero attached hydrogens (tertiary/aromatic N) is 1. The molecule has 4 aliphatic carbocycles. The average Bonchev–Trinajstić information content (AvgIpc) is 3.22. The monoisotopic (exact) mass is 506 g/mol. The minimum absolute atomic E-state index is 0.0285. The number of aryl methyl sites for hydroxylation is 2. The number of nitrogens with one attached hydrogen (secondary N) is 1. The number of fused-ring (bicyclic) bond motifs is 6. The lowest BCUT2D eigenvalue weighted by Crippen LogP contribution is -2.58. The van der Waals surface area contributed by atoms with E-state index in [1.54, 1.807) is 0 Å². The zero-order chi connectivity index (χ0) is 26.1. The minimum atomic E-state index is -0.252. The molecule has 10 atom stereocenters. The molecular formula is C32H46N2O3. The summed E-state index contributed by atoms with van der Waals surface area (Å²) in [6.07, 6.45) is 10.3. The number of rotatable bonds is 4.